The molecule has 0 spiro atoms. The minimum Gasteiger partial charge on any atom is -0.464 e. The smallest absolute Gasteiger partial charge is 0.464 e. The van der Waals surface area contributed by atoms with Gasteiger partial charge in [-0.2, -0.15) is 13.2 Å². The number of aromatic nitrogens is 1. The number of carbonyl (C=O) groups excluding carboxylic acids is 2. The second-order valence-electron chi connectivity index (χ2n) is 8.09. The van der Waals surface area contributed by atoms with E-state index < -0.39 is 64.0 Å². The van der Waals surface area contributed by atoms with Crippen molar-refractivity contribution < 1.29 is 54.5 Å². The van der Waals surface area contributed by atoms with Gasteiger partial charge in [0.15, 0.2) is 11.6 Å². The van der Waals surface area contributed by atoms with Crippen molar-refractivity contribution in [1.29, 1.82) is 0 Å². The predicted octanol–water partition coefficient (Wildman–Crippen LogP) is 6.89. The largest absolute Gasteiger partial charge is 0.573 e. The molecule has 208 valence electrons. The van der Waals surface area contributed by atoms with E-state index in [1.807, 2.05) is 0 Å². The summed E-state index contributed by atoms with van der Waals surface area (Å²) in [5.74, 6) is -5.34. The number of pyridine rings is 1. The predicted molar refractivity (Wildman–Crippen MR) is 122 cm³/mol. The molecule has 0 saturated carbocycles. The second kappa shape index (κ2) is 10.8. The van der Waals surface area contributed by atoms with Gasteiger partial charge in [0, 0.05) is 17.4 Å². The van der Waals surface area contributed by atoms with Gasteiger partial charge in [-0.25, -0.2) is 14.2 Å². The number of aryl methyl sites for hydroxylation is 1. The Hall–Kier alpha value is -4.36. The van der Waals surface area contributed by atoms with Gasteiger partial charge < -0.3 is 19.5 Å². The van der Waals surface area contributed by atoms with Crippen LogP contribution in [0.5, 0.6) is 17.2 Å². The number of rotatable bonds is 6. The number of alkyl halides is 6. The number of anilines is 1. The number of esters is 1. The highest BCUT2D eigenvalue weighted by molar-refractivity contribution is 6.08. The molecule has 3 aromatic rings. The fourth-order valence-electron chi connectivity index (χ4n) is 3.50. The molecule has 1 N–H and O–H groups in total. The van der Waals surface area contributed by atoms with E-state index in [4.69, 9.17) is 4.74 Å². The minimum absolute atomic E-state index is 0.0223. The molecular formula is C25H19F7N2O5. The van der Waals surface area contributed by atoms with Crippen LogP contribution < -0.4 is 14.8 Å². The van der Waals surface area contributed by atoms with Crippen molar-refractivity contribution in [3.63, 3.8) is 0 Å². The normalized spacial score (nSPS) is 11.7. The molecule has 0 fully saturated rings. The van der Waals surface area contributed by atoms with Crippen LogP contribution in [-0.2, 0) is 10.9 Å². The zero-order valence-corrected chi connectivity index (χ0v) is 20.6. The van der Waals surface area contributed by atoms with E-state index in [9.17, 15) is 40.3 Å². The standard InChI is InChI=1S/C25H19F7N2O5/c1-11-10-33-16(23(36)37-4)9-15(11)34-22(35)20-12(2)14(24(27,28)29)5-6-18(20)38-17-7-8-19(21(26)13(17)3)39-25(30,31)32/h5-10H,1-4H3,(H,33,34,35). The van der Waals surface area contributed by atoms with Crippen LogP contribution >= 0.6 is 0 Å². The van der Waals surface area contributed by atoms with E-state index in [1.54, 1.807) is 0 Å². The number of nitrogens with zero attached hydrogens (tertiary/aromatic N) is 1. The second-order valence-corrected chi connectivity index (χ2v) is 8.09. The third-order valence-corrected chi connectivity index (χ3v) is 5.45. The highest BCUT2D eigenvalue weighted by Crippen LogP contribution is 2.40. The molecule has 0 aliphatic rings. The van der Waals surface area contributed by atoms with Crippen molar-refractivity contribution in [2.24, 2.45) is 0 Å². The molecule has 14 heteroatoms. The number of nitrogens with one attached hydrogen (secondary N) is 1. The van der Waals surface area contributed by atoms with Crippen LogP contribution in [0.25, 0.3) is 0 Å². The van der Waals surface area contributed by atoms with Gasteiger partial charge >= 0.3 is 18.5 Å². The molecule has 1 amide bonds. The molecule has 3 rings (SSSR count). The lowest BCUT2D eigenvalue weighted by atomic mass is 9.99. The van der Waals surface area contributed by atoms with Crippen molar-refractivity contribution in [2.45, 2.75) is 33.3 Å². The van der Waals surface area contributed by atoms with Crippen molar-refractivity contribution in [1.82, 2.24) is 4.98 Å². The monoisotopic (exact) mass is 560 g/mol. The van der Waals surface area contributed by atoms with Crippen molar-refractivity contribution in [3.8, 4) is 17.2 Å². The number of benzene rings is 2. The summed E-state index contributed by atoms with van der Waals surface area (Å²) < 4.78 is 107. The number of hydrogen-bond donors (Lipinski definition) is 1. The number of ether oxygens (including phenoxy) is 3. The lowest BCUT2D eigenvalue weighted by molar-refractivity contribution is -0.275. The Kier molecular flexibility index (Phi) is 8.08. The van der Waals surface area contributed by atoms with E-state index in [1.165, 1.54) is 13.1 Å². The maximum Gasteiger partial charge on any atom is 0.573 e. The average molecular weight is 560 g/mol. The van der Waals surface area contributed by atoms with Crippen LogP contribution in [0, 0.1) is 26.6 Å². The Morgan fingerprint density at radius 3 is 2.10 bits per heavy atom. The zero-order valence-electron chi connectivity index (χ0n) is 20.6. The Bertz CT molecular complexity index is 1440. The molecule has 39 heavy (non-hydrogen) atoms. The first-order valence-electron chi connectivity index (χ1n) is 10.8. The number of carbonyl (C=O) groups is 2. The Morgan fingerprint density at radius 2 is 1.51 bits per heavy atom. The van der Waals surface area contributed by atoms with Crippen LogP contribution in [-0.4, -0.2) is 30.3 Å². The molecule has 0 aliphatic heterocycles. The first-order valence-corrected chi connectivity index (χ1v) is 10.8. The summed E-state index contributed by atoms with van der Waals surface area (Å²) in [6.07, 6.45) is -8.81. The van der Waals surface area contributed by atoms with Crippen molar-refractivity contribution >= 4 is 17.6 Å². The summed E-state index contributed by atoms with van der Waals surface area (Å²) in [7, 11) is 1.10. The van der Waals surface area contributed by atoms with Crippen LogP contribution in [0.1, 0.15) is 43.1 Å². The minimum atomic E-state index is -5.18. The van der Waals surface area contributed by atoms with Crippen LogP contribution in [0.2, 0.25) is 0 Å². The zero-order chi connectivity index (χ0) is 29.3. The van der Waals surface area contributed by atoms with Gasteiger partial charge in [-0.05, 0) is 62.2 Å². The molecule has 0 unspecified atom stereocenters. The molecule has 0 bridgehead atoms. The molecule has 1 heterocycles. The summed E-state index contributed by atoms with van der Waals surface area (Å²) >= 11 is 0. The Balaban J connectivity index is 2.09. The number of halogens is 7. The van der Waals surface area contributed by atoms with Gasteiger partial charge in [0.1, 0.15) is 17.2 Å². The summed E-state index contributed by atoms with van der Waals surface area (Å²) in [6, 6.07) is 4.14. The van der Waals surface area contributed by atoms with E-state index in [2.05, 4.69) is 19.8 Å². The number of hydrogen-bond acceptors (Lipinski definition) is 6. The van der Waals surface area contributed by atoms with E-state index in [-0.39, 0.29) is 17.1 Å². The third kappa shape index (κ3) is 6.56. The van der Waals surface area contributed by atoms with Crippen LogP contribution in [0.4, 0.5) is 36.4 Å². The van der Waals surface area contributed by atoms with Gasteiger partial charge in [0.2, 0.25) is 0 Å². The number of methoxy groups -OCH3 is 1. The van der Waals surface area contributed by atoms with Crippen LogP contribution in [0.15, 0.2) is 36.5 Å². The van der Waals surface area contributed by atoms with E-state index >= 15 is 0 Å². The van der Waals surface area contributed by atoms with Gasteiger partial charge in [0.05, 0.1) is 18.2 Å². The van der Waals surface area contributed by atoms with Crippen LogP contribution in [0.3, 0.4) is 0 Å². The van der Waals surface area contributed by atoms with Gasteiger partial charge in [-0.1, -0.05) is 0 Å². The summed E-state index contributed by atoms with van der Waals surface area (Å²) in [6.45, 7) is 3.58. The summed E-state index contributed by atoms with van der Waals surface area (Å²) in [5.41, 5.74) is -2.60. The van der Waals surface area contributed by atoms with Gasteiger partial charge in [-0.3, -0.25) is 4.79 Å². The number of amides is 1. The molecule has 2 aromatic carbocycles. The lowest BCUT2D eigenvalue weighted by Crippen LogP contribution is -2.19. The highest BCUT2D eigenvalue weighted by atomic mass is 19.4. The Morgan fingerprint density at radius 1 is 0.897 bits per heavy atom. The molecule has 0 aliphatic carbocycles. The van der Waals surface area contributed by atoms with E-state index in [0.717, 1.165) is 39.2 Å². The first-order chi connectivity index (χ1) is 18.0. The molecular weight excluding hydrogens is 541 g/mol. The molecule has 1 aromatic heterocycles. The SMILES string of the molecule is COC(=O)c1cc(NC(=O)c2c(Oc3ccc(OC(F)(F)F)c(F)c3C)ccc(C(F)(F)F)c2C)c(C)cn1. The average Bonchev–Trinajstić information content (AvgIpc) is 2.83. The topological polar surface area (TPSA) is 86.8 Å². The summed E-state index contributed by atoms with van der Waals surface area (Å²) in [4.78, 5) is 29.0. The fourth-order valence-corrected chi connectivity index (χ4v) is 3.50. The molecule has 7 nitrogen and oxygen atoms in total. The molecule has 0 saturated heterocycles. The maximum absolute atomic E-state index is 14.5. The fraction of sp³-hybridized carbons (Fsp3) is 0.240. The Labute approximate surface area is 216 Å². The molecule has 0 atom stereocenters. The quantitative estimate of drug-likeness (QED) is 0.261. The maximum atomic E-state index is 14.5. The highest BCUT2D eigenvalue weighted by Gasteiger charge is 2.36. The van der Waals surface area contributed by atoms with Gasteiger partial charge in [-0.15, -0.1) is 13.2 Å². The van der Waals surface area contributed by atoms with Gasteiger partial charge in [0.25, 0.3) is 5.91 Å². The lowest BCUT2D eigenvalue weighted by Gasteiger charge is -2.20. The molecule has 0 radical (unpaired) electrons. The van der Waals surface area contributed by atoms with Crippen molar-refractivity contribution in [3.05, 3.63) is 75.9 Å². The third-order valence-electron chi connectivity index (χ3n) is 5.45. The summed E-state index contributed by atoms with van der Waals surface area (Å²) in [5, 5.41) is 2.40. The first kappa shape index (κ1) is 29.2. The van der Waals surface area contributed by atoms with Crippen molar-refractivity contribution in [2.75, 3.05) is 12.4 Å². The van der Waals surface area contributed by atoms with E-state index in [0.29, 0.717) is 17.7 Å².